The molecule has 0 bridgehead atoms. The topological polar surface area (TPSA) is 45.7 Å². The summed E-state index contributed by atoms with van der Waals surface area (Å²) in [6.45, 7) is 9.36. The smallest absolute Gasteiger partial charge is 0.191 e. The molecule has 2 unspecified atom stereocenters. The summed E-state index contributed by atoms with van der Waals surface area (Å²) >= 11 is 0. The van der Waals surface area contributed by atoms with Gasteiger partial charge in [0.2, 0.25) is 0 Å². The Hall–Kier alpha value is -0.820. The molecule has 0 aliphatic carbocycles. The molecule has 5 heteroatoms. The molecule has 0 saturated carbocycles. The lowest BCUT2D eigenvalue weighted by Crippen LogP contribution is -2.47. The van der Waals surface area contributed by atoms with Crippen molar-refractivity contribution < 1.29 is 4.74 Å². The second-order valence-corrected chi connectivity index (χ2v) is 7.35. The maximum absolute atomic E-state index is 6.05. The Morgan fingerprint density at radius 3 is 2.54 bits per heavy atom. The Labute approximate surface area is 163 Å². The van der Waals surface area contributed by atoms with Crippen molar-refractivity contribution in [1.29, 1.82) is 0 Å². The van der Waals surface area contributed by atoms with Crippen molar-refractivity contribution in [3.63, 3.8) is 0 Å². The molecular weight excluding hydrogens is 413 g/mol. The number of hydrogen-bond donors (Lipinski definition) is 2. The molecule has 1 aliphatic heterocycles. The Kier molecular flexibility index (Phi) is 9.05. The third-order valence-electron chi connectivity index (χ3n) is 4.36. The highest BCUT2D eigenvalue weighted by molar-refractivity contribution is 14.0. The van der Waals surface area contributed by atoms with Crippen molar-refractivity contribution in [1.82, 2.24) is 10.6 Å². The monoisotopic (exact) mass is 445 g/mol. The number of nitrogens with one attached hydrogen (secondary N) is 2. The fraction of sp³-hybridized carbons (Fsp3) is 0.632. The molecule has 0 aromatic heterocycles. The first kappa shape index (κ1) is 21.2. The van der Waals surface area contributed by atoms with Crippen LogP contribution in [0.5, 0.6) is 0 Å². The number of guanidine groups is 1. The summed E-state index contributed by atoms with van der Waals surface area (Å²) in [4.78, 5) is 4.33. The van der Waals surface area contributed by atoms with Crippen molar-refractivity contribution >= 4 is 29.9 Å². The van der Waals surface area contributed by atoms with Gasteiger partial charge in [-0.25, -0.2) is 0 Å². The Morgan fingerprint density at radius 2 is 1.92 bits per heavy atom. The van der Waals surface area contributed by atoms with Crippen molar-refractivity contribution in [3.05, 3.63) is 35.9 Å². The zero-order chi connectivity index (χ0) is 16.7. The second-order valence-electron chi connectivity index (χ2n) is 7.35. The van der Waals surface area contributed by atoms with Gasteiger partial charge in [0.15, 0.2) is 5.96 Å². The Morgan fingerprint density at radius 1 is 1.21 bits per heavy atom. The molecule has 0 radical (unpaired) electrons. The largest absolute Gasteiger partial charge is 0.377 e. The summed E-state index contributed by atoms with van der Waals surface area (Å²) in [6.07, 6.45) is 2.66. The Balaban J connectivity index is 0.00000288. The zero-order valence-electron chi connectivity index (χ0n) is 15.3. The number of benzene rings is 1. The minimum Gasteiger partial charge on any atom is -0.377 e. The van der Waals surface area contributed by atoms with Gasteiger partial charge in [-0.3, -0.25) is 4.99 Å². The maximum atomic E-state index is 6.05. The number of nitrogens with zero attached hydrogens (tertiary/aromatic N) is 1. The molecule has 1 aromatic carbocycles. The SMILES string of the molecule is CN=C(NCc1ccccc1)NCC1CCCOC1C(C)(C)C.I. The molecule has 1 aromatic rings. The molecule has 2 atom stereocenters. The predicted octanol–water partition coefficient (Wildman–Crippen LogP) is 3.81. The lowest BCUT2D eigenvalue weighted by atomic mass is 9.78. The Bertz CT molecular complexity index is 499. The molecule has 136 valence electrons. The van der Waals surface area contributed by atoms with E-state index in [1.165, 1.54) is 12.0 Å². The molecule has 0 amide bonds. The van der Waals surface area contributed by atoms with E-state index in [1.807, 2.05) is 13.1 Å². The summed E-state index contributed by atoms with van der Waals surface area (Å²) < 4.78 is 6.05. The van der Waals surface area contributed by atoms with E-state index in [-0.39, 0.29) is 29.4 Å². The lowest BCUT2D eigenvalue weighted by molar-refractivity contribution is -0.0835. The van der Waals surface area contributed by atoms with Gasteiger partial charge in [-0.2, -0.15) is 0 Å². The molecule has 1 aliphatic rings. The van der Waals surface area contributed by atoms with Crippen LogP contribution in [-0.4, -0.2) is 32.3 Å². The first-order valence-corrected chi connectivity index (χ1v) is 8.61. The molecule has 1 heterocycles. The summed E-state index contributed by atoms with van der Waals surface area (Å²) in [6, 6.07) is 10.4. The van der Waals surface area contributed by atoms with Crippen LogP contribution in [0.15, 0.2) is 35.3 Å². The zero-order valence-corrected chi connectivity index (χ0v) is 17.7. The van der Waals surface area contributed by atoms with Crippen LogP contribution in [0.3, 0.4) is 0 Å². The van der Waals surface area contributed by atoms with Gasteiger partial charge in [0.05, 0.1) is 6.10 Å². The van der Waals surface area contributed by atoms with Crippen LogP contribution in [-0.2, 0) is 11.3 Å². The molecule has 0 spiro atoms. The third kappa shape index (κ3) is 6.59. The number of hydrogen-bond acceptors (Lipinski definition) is 2. The molecule has 1 fully saturated rings. The molecule has 2 rings (SSSR count). The summed E-state index contributed by atoms with van der Waals surface area (Å²) in [5.41, 5.74) is 1.43. The first-order valence-electron chi connectivity index (χ1n) is 8.61. The normalized spacial score (nSPS) is 21.8. The van der Waals surface area contributed by atoms with Crippen LogP contribution in [0.25, 0.3) is 0 Å². The third-order valence-corrected chi connectivity index (χ3v) is 4.36. The van der Waals surface area contributed by atoms with E-state index in [9.17, 15) is 0 Å². The van der Waals surface area contributed by atoms with Crippen LogP contribution < -0.4 is 10.6 Å². The summed E-state index contributed by atoms with van der Waals surface area (Å²) in [7, 11) is 1.82. The standard InChI is InChI=1S/C19H31N3O.HI/c1-19(2,3)17-16(11-8-12-23-17)14-22-18(20-4)21-13-15-9-6-5-7-10-15;/h5-7,9-10,16-17H,8,11-14H2,1-4H3,(H2,20,21,22);1H. The highest BCUT2D eigenvalue weighted by Gasteiger charge is 2.35. The van der Waals surface area contributed by atoms with Crippen molar-refractivity contribution in [2.75, 3.05) is 20.2 Å². The highest BCUT2D eigenvalue weighted by Crippen LogP contribution is 2.33. The highest BCUT2D eigenvalue weighted by atomic mass is 127. The summed E-state index contributed by atoms with van der Waals surface area (Å²) in [5.74, 6) is 1.38. The first-order chi connectivity index (χ1) is 11.0. The van der Waals surface area contributed by atoms with Gasteiger partial charge in [-0.1, -0.05) is 51.1 Å². The molecule has 4 nitrogen and oxygen atoms in total. The molecule has 2 N–H and O–H groups in total. The van der Waals surface area contributed by atoms with E-state index in [0.29, 0.717) is 12.0 Å². The van der Waals surface area contributed by atoms with Crippen LogP contribution in [0.2, 0.25) is 0 Å². The van der Waals surface area contributed by atoms with E-state index in [0.717, 1.165) is 32.1 Å². The van der Waals surface area contributed by atoms with Gasteiger partial charge in [0.1, 0.15) is 0 Å². The molecule has 24 heavy (non-hydrogen) atoms. The number of rotatable bonds is 4. The van der Waals surface area contributed by atoms with E-state index in [2.05, 4.69) is 60.7 Å². The average molecular weight is 445 g/mol. The van der Waals surface area contributed by atoms with Crippen LogP contribution in [0.4, 0.5) is 0 Å². The predicted molar refractivity (Wildman–Crippen MR) is 112 cm³/mol. The fourth-order valence-corrected chi connectivity index (χ4v) is 3.24. The minimum atomic E-state index is 0. The van der Waals surface area contributed by atoms with Crippen LogP contribution in [0.1, 0.15) is 39.2 Å². The van der Waals surface area contributed by atoms with E-state index in [4.69, 9.17) is 4.74 Å². The van der Waals surface area contributed by atoms with Crippen LogP contribution in [0, 0.1) is 11.3 Å². The van der Waals surface area contributed by atoms with E-state index >= 15 is 0 Å². The quantitative estimate of drug-likeness (QED) is 0.421. The average Bonchev–Trinajstić information content (AvgIpc) is 2.55. The van der Waals surface area contributed by atoms with E-state index < -0.39 is 0 Å². The van der Waals surface area contributed by atoms with Crippen molar-refractivity contribution in [2.24, 2.45) is 16.3 Å². The van der Waals surface area contributed by atoms with Crippen molar-refractivity contribution in [3.8, 4) is 0 Å². The van der Waals surface area contributed by atoms with Gasteiger partial charge >= 0.3 is 0 Å². The maximum Gasteiger partial charge on any atom is 0.191 e. The fourth-order valence-electron chi connectivity index (χ4n) is 3.24. The molecule has 1 saturated heterocycles. The van der Waals surface area contributed by atoms with Crippen molar-refractivity contribution in [2.45, 2.75) is 46.3 Å². The second kappa shape index (κ2) is 10.2. The minimum absolute atomic E-state index is 0. The van der Waals surface area contributed by atoms with Gasteiger partial charge in [-0.15, -0.1) is 24.0 Å². The van der Waals surface area contributed by atoms with Crippen LogP contribution >= 0.6 is 24.0 Å². The van der Waals surface area contributed by atoms with Gasteiger partial charge < -0.3 is 15.4 Å². The van der Waals surface area contributed by atoms with Gasteiger partial charge in [-0.05, 0) is 23.8 Å². The van der Waals surface area contributed by atoms with E-state index in [1.54, 1.807) is 0 Å². The summed E-state index contributed by atoms with van der Waals surface area (Å²) in [5, 5.41) is 6.85. The van der Waals surface area contributed by atoms with Gasteiger partial charge in [0, 0.05) is 32.7 Å². The number of aliphatic imine (C=N–C) groups is 1. The van der Waals surface area contributed by atoms with Gasteiger partial charge in [0.25, 0.3) is 0 Å². The molecular formula is C19H32IN3O. The lowest BCUT2D eigenvalue weighted by Gasteiger charge is -2.40. The number of halogens is 1. The number of ether oxygens (including phenoxy) is 1.